The van der Waals surface area contributed by atoms with Crippen LogP contribution < -0.4 is 4.74 Å². The maximum atomic E-state index is 12.4. The van der Waals surface area contributed by atoms with Crippen LogP contribution in [0.3, 0.4) is 0 Å². The summed E-state index contributed by atoms with van der Waals surface area (Å²) < 4.78 is 7.02. The van der Waals surface area contributed by atoms with E-state index in [1.807, 2.05) is 40.0 Å². The molecule has 0 N–H and O–H groups in total. The second-order valence-electron chi connectivity index (χ2n) is 5.19. The summed E-state index contributed by atoms with van der Waals surface area (Å²) in [5, 5.41) is 7.83. The first-order valence-electron chi connectivity index (χ1n) is 7.03. The van der Waals surface area contributed by atoms with E-state index in [1.54, 1.807) is 13.3 Å². The van der Waals surface area contributed by atoms with Gasteiger partial charge in [-0.3, -0.25) is 4.79 Å². The third-order valence-electron chi connectivity index (χ3n) is 3.82. The Balaban J connectivity index is 1.61. The van der Waals surface area contributed by atoms with Crippen LogP contribution in [-0.2, 0) is 11.2 Å². The Bertz CT molecular complexity index is 612. The number of carbonyl (C=O) groups is 1. The minimum atomic E-state index is 0.144. The molecule has 0 saturated carbocycles. The smallest absolute Gasteiger partial charge is 0.227 e. The molecule has 6 nitrogen and oxygen atoms in total. The normalized spacial score (nSPS) is 18.0. The van der Waals surface area contributed by atoms with Crippen LogP contribution in [0.4, 0.5) is 0 Å². The molecule has 0 spiro atoms. The lowest BCUT2D eigenvalue weighted by Gasteiger charge is -2.16. The summed E-state index contributed by atoms with van der Waals surface area (Å²) in [6, 6.07) is 7.88. The molecule has 0 bridgehead atoms. The van der Waals surface area contributed by atoms with Crippen molar-refractivity contribution in [2.75, 3.05) is 20.2 Å². The Morgan fingerprint density at radius 2 is 2.38 bits per heavy atom. The number of hydrogen-bond donors (Lipinski definition) is 0. The van der Waals surface area contributed by atoms with Crippen LogP contribution in [0.15, 0.2) is 36.7 Å². The molecule has 2 heterocycles. The van der Waals surface area contributed by atoms with E-state index in [9.17, 15) is 4.79 Å². The molecule has 1 fully saturated rings. The van der Waals surface area contributed by atoms with Crippen molar-refractivity contribution in [2.24, 2.45) is 0 Å². The Labute approximate surface area is 123 Å². The maximum Gasteiger partial charge on any atom is 0.227 e. The quantitative estimate of drug-likeness (QED) is 0.850. The van der Waals surface area contributed by atoms with Crippen molar-refractivity contribution in [1.82, 2.24) is 19.9 Å². The van der Waals surface area contributed by atoms with Crippen molar-refractivity contribution in [1.29, 1.82) is 0 Å². The monoisotopic (exact) mass is 286 g/mol. The van der Waals surface area contributed by atoms with Gasteiger partial charge in [0.1, 0.15) is 5.75 Å². The minimum absolute atomic E-state index is 0.144. The predicted octanol–water partition coefficient (Wildman–Crippen LogP) is 1.30. The number of likely N-dealkylation sites (tertiary alicyclic amines) is 1. The summed E-state index contributed by atoms with van der Waals surface area (Å²) in [5.41, 5.74) is 0.976. The maximum absolute atomic E-state index is 12.4. The van der Waals surface area contributed by atoms with Crippen LogP contribution >= 0.6 is 0 Å². The van der Waals surface area contributed by atoms with Gasteiger partial charge in [-0.2, -0.15) is 0 Å². The lowest BCUT2D eigenvalue weighted by molar-refractivity contribution is -0.129. The fraction of sp³-hybridized carbons (Fsp3) is 0.400. The van der Waals surface area contributed by atoms with E-state index in [0.717, 1.165) is 24.3 Å². The third-order valence-corrected chi connectivity index (χ3v) is 3.82. The van der Waals surface area contributed by atoms with Crippen LogP contribution in [0.1, 0.15) is 18.0 Å². The number of carbonyl (C=O) groups excluding carboxylic acids is 1. The lowest BCUT2D eigenvalue weighted by atomic mass is 10.1. The highest BCUT2D eigenvalue weighted by Crippen LogP contribution is 2.21. The van der Waals surface area contributed by atoms with Gasteiger partial charge in [-0.25, -0.2) is 4.68 Å². The Kier molecular flexibility index (Phi) is 3.85. The van der Waals surface area contributed by atoms with Gasteiger partial charge >= 0.3 is 0 Å². The van der Waals surface area contributed by atoms with Crippen LogP contribution in [-0.4, -0.2) is 46.0 Å². The first-order valence-corrected chi connectivity index (χ1v) is 7.03. The predicted molar refractivity (Wildman–Crippen MR) is 77.0 cm³/mol. The molecule has 110 valence electrons. The molecule has 1 amide bonds. The van der Waals surface area contributed by atoms with E-state index >= 15 is 0 Å². The molecule has 1 aromatic carbocycles. The van der Waals surface area contributed by atoms with Crippen molar-refractivity contribution in [3.8, 4) is 5.75 Å². The third kappa shape index (κ3) is 3.04. The molecule has 0 radical (unpaired) electrons. The summed E-state index contributed by atoms with van der Waals surface area (Å²) in [6.45, 7) is 1.47. The fourth-order valence-corrected chi connectivity index (χ4v) is 2.67. The molecule has 3 rings (SSSR count). The first kappa shape index (κ1) is 13.6. The van der Waals surface area contributed by atoms with E-state index < -0.39 is 0 Å². The summed E-state index contributed by atoms with van der Waals surface area (Å²) in [6.07, 6.45) is 4.84. The van der Waals surface area contributed by atoms with E-state index in [-0.39, 0.29) is 11.9 Å². The molecule has 6 heteroatoms. The number of nitrogens with zero attached hydrogens (tertiary/aromatic N) is 4. The summed E-state index contributed by atoms with van der Waals surface area (Å²) in [7, 11) is 1.63. The summed E-state index contributed by atoms with van der Waals surface area (Å²) in [4.78, 5) is 14.3. The Morgan fingerprint density at radius 3 is 3.14 bits per heavy atom. The molecule has 1 aliphatic rings. The lowest BCUT2D eigenvalue weighted by Crippen LogP contribution is -2.30. The van der Waals surface area contributed by atoms with Gasteiger partial charge in [0.25, 0.3) is 0 Å². The van der Waals surface area contributed by atoms with Crippen molar-refractivity contribution in [3.05, 3.63) is 42.2 Å². The first-order chi connectivity index (χ1) is 10.3. The number of rotatable bonds is 4. The van der Waals surface area contributed by atoms with Crippen LogP contribution in [0, 0.1) is 0 Å². The SMILES string of the molecule is COc1cccc(CC(=O)N2CCC(n3ccnn3)C2)c1. The molecule has 1 aliphatic heterocycles. The summed E-state index contributed by atoms with van der Waals surface area (Å²) >= 11 is 0. The molecule has 0 aliphatic carbocycles. The highest BCUT2D eigenvalue weighted by Gasteiger charge is 2.27. The van der Waals surface area contributed by atoms with Crippen molar-refractivity contribution < 1.29 is 9.53 Å². The van der Waals surface area contributed by atoms with Gasteiger partial charge in [-0.05, 0) is 24.1 Å². The molecule has 1 atom stereocenters. The van der Waals surface area contributed by atoms with E-state index in [2.05, 4.69) is 10.3 Å². The zero-order chi connectivity index (χ0) is 14.7. The number of methoxy groups -OCH3 is 1. The fourth-order valence-electron chi connectivity index (χ4n) is 2.67. The highest BCUT2D eigenvalue weighted by atomic mass is 16.5. The molecule has 21 heavy (non-hydrogen) atoms. The average Bonchev–Trinajstić information content (AvgIpc) is 3.18. The average molecular weight is 286 g/mol. The Morgan fingerprint density at radius 1 is 1.48 bits per heavy atom. The van der Waals surface area contributed by atoms with Crippen LogP contribution in [0.5, 0.6) is 5.75 Å². The van der Waals surface area contributed by atoms with E-state index in [4.69, 9.17) is 4.74 Å². The van der Waals surface area contributed by atoms with Crippen LogP contribution in [0.25, 0.3) is 0 Å². The molecule has 1 saturated heterocycles. The molecular weight excluding hydrogens is 268 g/mol. The van der Waals surface area contributed by atoms with E-state index in [1.165, 1.54) is 0 Å². The number of benzene rings is 1. The van der Waals surface area contributed by atoms with Gasteiger partial charge in [-0.15, -0.1) is 5.10 Å². The minimum Gasteiger partial charge on any atom is -0.497 e. The van der Waals surface area contributed by atoms with Crippen molar-refractivity contribution in [3.63, 3.8) is 0 Å². The van der Waals surface area contributed by atoms with Crippen LogP contribution in [0.2, 0.25) is 0 Å². The standard InChI is InChI=1S/C15H18N4O2/c1-21-14-4-2-3-12(9-14)10-15(20)18-7-5-13(11-18)19-8-6-16-17-19/h2-4,6,8-9,13H,5,7,10-11H2,1H3. The molecule has 1 unspecified atom stereocenters. The topological polar surface area (TPSA) is 60.2 Å². The van der Waals surface area contributed by atoms with E-state index in [0.29, 0.717) is 13.0 Å². The molecule has 2 aromatic rings. The number of ether oxygens (including phenoxy) is 1. The second kappa shape index (κ2) is 5.95. The number of aromatic nitrogens is 3. The van der Waals surface area contributed by atoms with Gasteiger partial charge in [0.15, 0.2) is 0 Å². The number of hydrogen-bond acceptors (Lipinski definition) is 4. The molecule has 1 aromatic heterocycles. The Hall–Kier alpha value is -2.37. The zero-order valence-electron chi connectivity index (χ0n) is 12.0. The van der Waals surface area contributed by atoms with Crippen molar-refractivity contribution >= 4 is 5.91 Å². The van der Waals surface area contributed by atoms with Gasteiger partial charge in [-0.1, -0.05) is 17.3 Å². The number of amides is 1. The van der Waals surface area contributed by atoms with Gasteiger partial charge in [0.2, 0.25) is 5.91 Å². The van der Waals surface area contributed by atoms with Gasteiger partial charge < -0.3 is 9.64 Å². The van der Waals surface area contributed by atoms with Gasteiger partial charge in [0.05, 0.1) is 25.8 Å². The largest absolute Gasteiger partial charge is 0.497 e. The summed E-state index contributed by atoms with van der Waals surface area (Å²) in [5.74, 6) is 0.924. The zero-order valence-corrected chi connectivity index (χ0v) is 12.0. The second-order valence-corrected chi connectivity index (χ2v) is 5.19. The van der Waals surface area contributed by atoms with Crippen molar-refractivity contribution in [2.45, 2.75) is 18.9 Å². The van der Waals surface area contributed by atoms with Gasteiger partial charge in [0, 0.05) is 19.3 Å². The molecular formula is C15H18N4O2. The highest BCUT2D eigenvalue weighted by molar-refractivity contribution is 5.79.